The Labute approximate surface area is 189 Å². The Kier molecular flexibility index (Phi) is 5.85. The van der Waals surface area contributed by atoms with Gasteiger partial charge in [-0.15, -0.1) is 6.58 Å². The van der Waals surface area contributed by atoms with Crippen LogP contribution in [-0.4, -0.2) is 41.2 Å². The molecule has 3 aromatic rings. The van der Waals surface area contributed by atoms with Gasteiger partial charge < -0.3 is 14.6 Å². The minimum atomic E-state index is -0.625. The second-order valence-electron chi connectivity index (χ2n) is 8.90. The quantitative estimate of drug-likeness (QED) is 0.548. The van der Waals surface area contributed by atoms with Gasteiger partial charge in [0.15, 0.2) is 0 Å². The van der Waals surface area contributed by atoms with Crippen molar-refractivity contribution in [2.24, 2.45) is 11.8 Å². The number of aliphatic hydroxyl groups is 1. The standard InChI is InChI=1S/C27H30N2O3/c1-3-19-16-29-12-11-20(19)13-25(29)27(30)23-15-26(32-17-18-7-5-4-6-8-18)28-24-10-9-21(31-2)14-22(23)24/h3-10,14-15,19-20,25,27,30H,1,11-13,16-17H2,2H3/t19-,20?,25-,27+/m0/s1. The average molecular weight is 431 g/mol. The van der Waals surface area contributed by atoms with E-state index in [9.17, 15) is 5.11 Å². The largest absolute Gasteiger partial charge is 0.497 e. The van der Waals surface area contributed by atoms with Gasteiger partial charge in [0.2, 0.25) is 5.88 Å². The molecule has 3 aliphatic rings. The zero-order chi connectivity index (χ0) is 22.1. The first kappa shape index (κ1) is 21.0. The number of aromatic nitrogens is 1. The van der Waals surface area contributed by atoms with Crippen molar-refractivity contribution in [1.29, 1.82) is 0 Å². The van der Waals surface area contributed by atoms with Gasteiger partial charge in [0, 0.05) is 24.0 Å². The molecule has 3 fully saturated rings. The molecule has 0 spiro atoms. The normalized spacial score (nSPS) is 25.4. The molecule has 4 heterocycles. The van der Waals surface area contributed by atoms with E-state index >= 15 is 0 Å². The molecule has 6 rings (SSSR count). The van der Waals surface area contributed by atoms with E-state index in [-0.39, 0.29) is 6.04 Å². The van der Waals surface area contributed by atoms with E-state index in [4.69, 9.17) is 14.5 Å². The number of rotatable bonds is 7. The van der Waals surface area contributed by atoms with Gasteiger partial charge >= 0.3 is 0 Å². The molecule has 0 amide bonds. The molecule has 5 nitrogen and oxygen atoms in total. The summed E-state index contributed by atoms with van der Waals surface area (Å²) < 4.78 is 11.5. The second-order valence-corrected chi connectivity index (χ2v) is 8.90. The van der Waals surface area contributed by atoms with Crippen LogP contribution >= 0.6 is 0 Å². The van der Waals surface area contributed by atoms with Crippen molar-refractivity contribution < 1.29 is 14.6 Å². The van der Waals surface area contributed by atoms with Crippen LogP contribution in [0.1, 0.15) is 30.1 Å². The Bertz CT molecular complexity index is 1100. The summed E-state index contributed by atoms with van der Waals surface area (Å²) in [4.78, 5) is 7.14. The third kappa shape index (κ3) is 3.98. The fraction of sp³-hybridized carbons (Fsp3) is 0.370. The van der Waals surface area contributed by atoms with E-state index in [2.05, 4.69) is 17.6 Å². The number of piperidine rings is 3. The average Bonchev–Trinajstić information content (AvgIpc) is 2.87. The second kappa shape index (κ2) is 8.93. The molecule has 0 radical (unpaired) electrons. The minimum Gasteiger partial charge on any atom is -0.497 e. The maximum Gasteiger partial charge on any atom is 0.214 e. The Hall–Kier alpha value is -2.89. The summed E-state index contributed by atoms with van der Waals surface area (Å²) in [6.45, 7) is 6.45. The van der Waals surface area contributed by atoms with Crippen LogP contribution in [0.3, 0.4) is 0 Å². The van der Waals surface area contributed by atoms with Gasteiger partial charge in [-0.1, -0.05) is 36.4 Å². The molecule has 2 aromatic carbocycles. The van der Waals surface area contributed by atoms with Gasteiger partial charge in [-0.25, -0.2) is 4.98 Å². The number of hydrogen-bond acceptors (Lipinski definition) is 5. The Morgan fingerprint density at radius 1 is 1.22 bits per heavy atom. The molecule has 3 saturated heterocycles. The predicted molar refractivity (Wildman–Crippen MR) is 126 cm³/mol. The van der Waals surface area contributed by atoms with Crippen molar-refractivity contribution in [2.45, 2.75) is 31.6 Å². The van der Waals surface area contributed by atoms with E-state index < -0.39 is 6.10 Å². The van der Waals surface area contributed by atoms with Gasteiger partial charge in [0.25, 0.3) is 0 Å². The van der Waals surface area contributed by atoms with Gasteiger partial charge in [0.1, 0.15) is 12.4 Å². The topological polar surface area (TPSA) is 54.8 Å². The molecule has 32 heavy (non-hydrogen) atoms. The molecule has 3 aliphatic heterocycles. The lowest BCUT2D eigenvalue weighted by molar-refractivity contribution is -0.0445. The van der Waals surface area contributed by atoms with Crippen molar-refractivity contribution >= 4 is 10.9 Å². The lowest BCUT2D eigenvalue weighted by atomic mass is 9.73. The van der Waals surface area contributed by atoms with Crippen LogP contribution in [0.25, 0.3) is 10.9 Å². The van der Waals surface area contributed by atoms with Crippen LogP contribution in [0.2, 0.25) is 0 Å². The highest BCUT2D eigenvalue weighted by atomic mass is 16.5. The molecule has 5 atom stereocenters. The van der Waals surface area contributed by atoms with Crippen LogP contribution in [0.4, 0.5) is 0 Å². The van der Waals surface area contributed by atoms with Gasteiger partial charge in [-0.2, -0.15) is 0 Å². The van der Waals surface area contributed by atoms with Crippen molar-refractivity contribution in [3.63, 3.8) is 0 Å². The lowest BCUT2D eigenvalue weighted by Gasteiger charge is -2.50. The maximum absolute atomic E-state index is 11.6. The van der Waals surface area contributed by atoms with Gasteiger partial charge in [-0.05, 0) is 60.5 Å². The third-order valence-electron chi connectivity index (χ3n) is 7.09. The van der Waals surface area contributed by atoms with Crippen LogP contribution in [0.15, 0.2) is 67.3 Å². The molecule has 1 N–H and O–H groups in total. The zero-order valence-corrected chi connectivity index (χ0v) is 18.5. The zero-order valence-electron chi connectivity index (χ0n) is 18.5. The maximum atomic E-state index is 11.6. The number of hydrogen-bond donors (Lipinski definition) is 1. The first-order valence-electron chi connectivity index (χ1n) is 11.4. The number of fused-ring (bicyclic) bond motifs is 4. The number of ether oxygens (including phenoxy) is 2. The SMILES string of the molecule is C=C[C@H]1CN2CCC1C[C@H]2[C@H](O)c1cc(OCc2ccccc2)nc2ccc(OC)cc12. The van der Waals surface area contributed by atoms with Crippen LogP contribution in [-0.2, 0) is 6.61 Å². The highest BCUT2D eigenvalue weighted by Crippen LogP contribution is 2.42. The molecular formula is C27H30N2O3. The summed E-state index contributed by atoms with van der Waals surface area (Å²) in [6, 6.07) is 17.8. The van der Waals surface area contributed by atoms with Gasteiger partial charge in [0.05, 0.1) is 18.7 Å². The smallest absolute Gasteiger partial charge is 0.214 e. The summed E-state index contributed by atoms with van der Waals surface area (Å²) >= 11 is 0. The fourth-order valence-corrected chi connectivity index (χ4v) is 5.30. The third-order valence-corrected chi connectivity index (χ3v) is 7.09. The van der Waals surface area contributed by atoms with Crippen LogP contribution < -0.4 is 9.47 Å². The number of methoxy groups -OCH3 is 1. The Morgan fingerprint density at radius 3 is 2.78 bits per heavy atom. The minimum absolute atomic E-state index is 0.0868. The summed E-state index contributed by atoms with van der Waals surface area (Å²) in [5.41, 5.74) is 2.73. The first-order valence-corrected chi connectivity index (χ1v) is 11.4. The molecule has 0 saturated carbocycles. The summed E-state index contributed by atoms with van der Waals surface area (Å²) in [5, 5.41) is 12.5. The first-order chi connectivity index (χ1) is 15.7. The highest BCUT2D eigenvalue weighted by molar-refractivity contribution is 5.84. The lowest BCUT2D eigenvalue weighted by Crippen LogP contribution is -2.54. The number of aliphatic hydroxyl groups excluding tert-OH is 1. The van der Waals surface area contributed by atoms with Crippen LogP contribution in [0, 0.1) is 11.8 Å². The van der Waals surface area contributed by atoms with E-state index in [1.165, 1.54) is 6.42 Å². The summed E-state index contributed by atoms with van der Waals surface area (Å²) in [6.07, 6.45) is 3.62. The number of nitrogens with zero attached hydrogens (tertiary/aromatic N) is 2. The molecule has 0 aliphatic carbocycles. The Balaban J connectivity index is 1.49. The monoisotopic (exact) mass is 430 g/mol. The highest BCUT2D eigenvalue weighted by Gasteiger charge is 2.42. The molecule has 2 unspecified atom stereocenters. The Morgan fingerprint density at radius 2 is 2.06 bits per heavy atom. The molecule has 5 heteroatoms. The van der Waals surface area contributed by atoms with E-state index in [1.54, 1.807) is 7.11 Å². The predicted octanol–water partition coefficient (Wildman–Crippen LogP) is 4.75. The van der Waals surface area contributed by atoms with Crippen molar-refractivity contribution in [3.05, 3.63) is 78.4 Å². The van der Waals surface area contributed by atoms with Crippen molar-refractivity contribution in [3.8, 4) is 11.6 Å². The molecule has 2 bridgehead atoms. The van der Waals surface area contributed by atoms with Crippen molar-refractivity contribution in [1.82, 2.24) is 9.88 Å². The molecule has 166 valence electrons. The summed E-state index contributed by atoms with van der Waals surface area (Å²) in [5.74, 6) is 2.39. The number of benzene rings is 2. The fourth-order valence-electron chi connectivity index (χ4n) is 5.30. The van der Waals surface area contributed by atoms with E-state index in [0.717, 1.165) is 47.3 Å². The number of pyridine rings is 1. The van der Waals surface area contributed by atoms with E-state index in [0.29, 0.717) is 24.3 Å². The molecular weight excluding hydrogens is 400 g/mol. The van der Waals surface area contributed by atoms with E-state index in [1.807, 2.05) is 54.6 Å². The van der Waals surface area contributed by atoms with Gasteiger partial charge in [-0.3, -0.25) is 4.90 Å². The summed E-state index contributed by atoms with van der Waals surface area (Å²) in [7, 11) is 1.66. The van der Waals surface area contributed by atoms with Crippen molar-refractivity contribution in [2.75, 3.05) is 20.2 Å². The van der Waals surface area contributed by atoms with Crippen LogP contribution in [0.5, 0.6) is 11.6 Å². The molecule has 1 aromatic heterocycles.